The van der Waals surface area contributed by atoms with Crippen LogP contribution < -0.4 is 4.74 Å². The Morgan fingerprint density at radius 2 is 1.70 bits per heavy atom. The fourth-order valence-electron chi connectivity index (χ4n) is 3.39. The Labute approximate surface area is 135 Å². The van der Waals surface area contributed by atoms with Crippen LogP contribution in [0.1, 0.15) is 23.5 Å². The number of fused-ring (bicyclic) bond motifs is 2. The zero-order chi connectivity index (χ0) is 15.8. The van der Waals surface area contributed by atoms with Gasteiger partial charge in [0.25, 0.3) is 0 Å². The van der Waals surface area contributed by atoms with Gasteiger partial charge < -0.3 is 14.4 Å². The predicted octanol–water partition coefficient (Wildman–Crippen LogP) is 3.17. The van der Waals surface area contributed by atoms with E-state index in [1.165, 1.54) is 0 Å². The molecule has 0 amide bonds. The summed E-state index contributed by atoms with van der Waals surface area (Å²) in [5.74, 6) is 0.865. The fourth-order valence-corrected chi connectivity index (χ4v) is 3.39. The number of ether oxygens (including phenoxy) is 2. The summed E-state index contributed by atoms with van der Waals surface area (Å²) in [5, 5.41) is 0. The van der Waals surface area contributed by atoms with Crippen molar-refractivity contribution >= 4 is 5.97 Å². The quantitative estimate of drug-likeness (QED) is 0.799. The maximum Gasteiger partial charge on any atom is 0.318 e. The lowest BCUT2D eigenvalue weighted by atomic mass is 9.88. The van der Waals surface area contributed by atoms with Gasteiger partial charge in [-0.05, 0) is 25.6 Å². The average Bonchev–Trinajstić information content (AvgIpc) is 2.97. The molecule has 0 aromatic heterocycles. The Morgan fingerprint density at radius 1 is 1.09 bits per heavy atom. The van der Waals surface area contributed by atoms with E-state index in [0.717, 1.165) is 42.1 Å². The maximum absolute atomic E-state index is 12.9. The molecule has 1 atom stereocenters. The van der Waals surface area contributed by atoms with Crippen LogP contribution in [0, 0.1) is 0 Å². The van der Waals surface area contributed by atoms with Crippen LogP contribution in [0.3, 0.4) is 0 Å². The molecule has 0 N–H and O–H groups in total. The molecule has 0 saturated carbocycles. The van der Waals surface area contributed by atoms with E-state index in [1.807, 2.05) is 55.6 Å². The van der Waals surface area contributed by atoms with Gasteiger partial charge in [0.1, 0.15) is 23.5 Å². The lowest BCUT2D eigenvalue weighted by molar-refractivity contribution is -0.149. The summed E-state index contributed by atoms with van der Waals surface area (Å²) < 4.78 is 11.7. The van der Waals surface area contributed by atoms with Gasteiger partial charge in [-0.15, -0.1) is 0 Å². The van der Waals surface area contributed by atoms with Gasteiger partial charge in [-0.1, -0.05) is 36.4 Å². The van der Waals surface area contributed by atoms with Crippen molar-refractivity contribution in [2.24, 2.45) is 0 Å². The van der Waals surface area contributed by atoms with Crippen LogP contribution in [0.25, 0.3) is 0 Å². The third-order valence-corrected chi connectivity index (χ3v) is 4.55. The number of hydrogen-bond donors (Lipinski definition) is 0. The van der Waals surface area contributed by atoms with Crippen molar-refractivity contribution in [3.05, 3.63) is 59.7 Å². The first-order valence-corrected chi connectivity index (χ1v) is 7.97. The van der Waals surface area contributed by atoms with Crippen LogP contribution in [-0.2, 0) is 9.53 Å². The molecule has 1 unspecified atom stereocenters. The van der Waals surface area contributed by atoms with Gasteiger partial charge in [-0.25, -0.2) is 0 Å². The molecule has 118 valence electrons. The lowest BCUT2D eigenvalue weighted by Crippen LogP contribution is -2.27. The van der Waals surface area contributed by atoms with Crippen molar-refractivity contribution < 1.29 is 14.3 Å². The molecular formula is C19H19NO3. The summed E-state index contributed by atoms with van der Waals surface area (Å²) in [5.41, 5.74) is 1.75. The van der Waals surface area contributed by atoms with Gasteiger partial charge >= 0.3 is 5.97 Å². The Kier molecular flexibility index (Phi) is 3.54. The molecule has 4 heteroatoms. The van der Waals surface area contributed by atoms with Gasteiger partial charge in [0.05, 0.1) is 0 Å². The van der Waals surface area contributed by atoms with Crippen LogP contribution in [0.4, 0.5) is 0 Å². The monoisotopic (exact) mass is 309 g/mol. The number of hydrogen-bond acceptors (Lipinski definition) is 4. The number of benzene rings is 2. The zero-order valence-electron chi connectivity index (χ0n) is 13.1. The van der Waals surface area contributed by atoms with E-state index in [1.54, 1.807) is 0 Å². The number of likely N-dealkylation sites (N-methyl/N-ethyl adjacent to an activating group) is 1. The summed E-state index contributed by atoms with van der Waals surface area (Å²) in [6.07, 6.45) is 0.879. The largest absolute Gasteiger partial charge is 0.460 e. The number of carbonyl (C=O) groups is 1. The summed E-state index contributed by atoms with van der Waals surface area (Å²) in [7, 11) is 2.05. The first-order valence-electron chi connectivity index (χ1n) is 7.97. The third-order valence-electron chi connectivity index (χ3n) is 4.55. The van der Waals surface area contributed by atoms with Crippen LogP contribution in [-0.4, -0.2) is 37.1 Å². The normalized spacial score (nSPS) is 20.5. The highest BCUT2D eigenvalue weighted by atomic mass is 16.5. The van der Waals surface area contributed by atoms with Crippen molar-refractivity contribution in [3.63, 3.8) is 0 Å². The number of nitrogens with zero attached hydrogens (tertiary/aromatic N) is 1. The Morgan fingerprint density at radius 3 is 2.26 bits per heavy atom. The number of likely N-dealkylation sites (tertiary alicyclic amines) is 1. The first-order chi connectivity index (χ1) is 11.2. The standard InChI is InChI=1S/C19H19NO3/c1-20-11-10-13(12-20)22-19(21)18-14-6-2-4-8-16(14)23-17-9-5-3-7-15(17)18/h2-9,13,18H,10-12H2,1H3. The van der Waals surface area contributed by atoms with E-state index >= 15 is 0 Å². The lowest BCUT2D eigenvalue weighted by Gasteiger charge is -2.27. The number of para-hydroxylation sites is 2. The van der Waals surface area contributed by atoms with Gasteiger partial charge in [0.15, 0.2) is 0 Å². The van der Waals surface area contributed by atoms with Crippen molar-refractivity contribution in [3.8, 4) is 11.5 Å². The molecule has 4 nitrogen and oxygen atoms in total. The Hall–Kier alpha value is -2.33. The Bertz CT molecular complexity index is 697. The van der Waals surface area contributed by atoms with Crippen molar-refractivity contribution in [1.82, 2.24) is 4.90 Å². The third kappa shape index (κ3) is 2.59. The Balaban J connectivity index is 1.68. The second-order valence-corrected chi connectivity index (χ2v) is 6.22. The topological polar surface area (TPSA) is 38.8 Å². The molecule has 1 saturated heterocycles. The average molecular weight is 309 g/mol. The number of carbonyl (C=O) groups excluding carboxylic acids is 1. The smallest absolute Gasteiger partial charge is 0.318 e. The van der Waals surface area contributed by atoms with Crippen LogP contribution in [0.15, 0.2) is 48.5 Å². The molecule has 2 aliphatic heterocycles. The molecule has 2 aromatic rings. The van der Waals surface area contributed by atoms with Crippen molar-refractivity contribution in [1.29, 1.82) is 0 Å². The van der Waals surface area contributed by atoms with E-state index in [0.29, 0.717) is 0 Å². The molecule has 2 aromatic carbocycles. The highest BCUT2D eigenvalue weighted by Gasteiger charge is 2.35. The molecule has 0 aliphatic carbocycles. The van der Waals surface area contributed by atoms with Gasteiger partial charge in [0.2, 0.25) is 0 Å². The second-order valence-electron chi connectivity index (χ2n) is 6.22. The molecule has 0 spiro atoms. The minimum atomic E-state index is -0.415. The van der Waals surface area contributed by atoms with Crippen LogP contribution in [0.5, 0.6) is 11.5 Å². The van der Waals surface area contributed by atoms with Crippen molar-refractivity contribution in [2.45, 2.75) is 18.4 Å². The first kappa shape index (κ1) is 14.3. The van der Waals surface area contributed by atoms with E-state index in [9.17, 15) is 4.79 Å². The van der Waals surface area contributed by atoms with E-state index in [4.69, 9.17) is 9.47 Å². The SMILES string of the molecule is CN1CCC(OC(=O)C2c3ccccc3Oc3ccccc32)C1. The molecule has 2 aliphatic rings. The van der Waals surface area contributed by atoms with Crippen LogP contribution in [0.2, 0.25) is 0 Å². The van der Waals surface area contributed by atoms with Crippen LogP contribution >= 0.6 is 0 Å². The summed E-state index contributed by atoms with van der Waals surface area (Å²) in [4.78, 5) is 15.1. The van der Waals surface area contributed by atoms with Gasteiger partial charge in [-0.2, -0.15) is 0 Å². The number of rotatable bonds is 2. The molecule has 4 rings (SSSR count). The highest BCUT2D eigenvalue weighted by molar-refractivity contribution is 5.85. The van der Waals surface area contributed by atoms with E-state index < -0.39 is 5.92 Å². The molecule has 1 fully saturated rings. The van der Waals surface area contributed by atoms with Crippen molar-refractivity contribution in [2.75, 3.05) is 20.1 Å². The minimum absolute atomic E-state index is 0.0188. The molecule has 23 heavy (non-hydrogen) atoms. The van der Waals surface area contributed by atoms with E-state index in [2.05, 4.69) is 4.90 Å². The molecular weight excluding hydrogens is 290 g/mol. The van der Waals surface area contributed by atoms with Gasteiger partial charge in [-0.3, -0.25) is 4.79 Å². The van der Waals surface area contributed by atoms with Gasteiger partial charge in [0, 0.05) is 24.2 Å². The predicted molar refractivity (Wildman–Crippen MR) is 86.8 cm³/mol. The maximum atomic E-state index is 12.9. The fraction of sp³-hybridized carbons (Fsp3) is 0.316. The minimum Gasteiger partial charge on any atom is -0.460 e. The van der Waals surface area contributed by atoms with E-state index in [-0.39, 0.29) is 12.1 Å². The summed E-state index contributed by atoms with van der Waals surface area (Å²) >= 11 is 0. The second kappa shape index (κ2) is 5.70. The zero-order valence-corrected chi connectivity index (χ0v) is 13.1. The summed E-state index contributed by atoms with van der Waals surface area (Å²) in [6.45, 7) is 1.77. The summed E-state index contributed by atoms with van der Waals surface area (Å²) in [6, 6.07) is 15.4. The molecule has 0 radical (unpaired) electrons. The highest BCUT2D eigenvalue weighted by Crippen LogP contribution is 2.44. The molecule has 2 heterocycles. The molecule has 0 bridgehead atoms. The number of esters is 1.